The highest BCUT2D eigenvalue weighted by molar-refractivity contribution is 5.93. The number of rotatable bonds is 5. The molecule has 2 bridgehead atoms. The normalized spacial score (nSPS) is 25.0. The van der Waals surface area contributed by atoms with Gasteiger partial charge in [0.25, 0.3) is 5.91 Å². The van der Waals surface area contributed by atoms with Crippen LogP contribution in [0.15, 0.2) is 48.5 Å². The second-order valence-corrected chi connectivity index (χ2v) is 11.3. The van der Waals surface area contributed by atoms with Crippen molar-refractivity contribution in [2.45, 2.75) is 66.5 Å². The van der Waals surface area contributed by atoms with Gasteiger partial charge >= 0.3 is 0 Å². The van der Waals surface area contributed by atoms with E-state index in [1.807, 2.05) is 35.9 Å². The smallest absolute Gasteiger partial charge is 0.272 e. The van der Waals surface area contributed by atoms with Crippen LogP contribution in [0.1, 0.15) is 67.2 Å². The molecule has 34 heavy (non-hydrogen) atoms. The molecular weight excluding hydrogens is 425 g/mol. The molecule has 2 aliphatic carbocycles. The number of aryl methyl sites for hydroxylation is 2. The summed E-state index contributed by atoms with van der Waals surface area (Å²) >= 11 is 0. The first-order valence-corrected chi connectivity index (χ1v) is 12.3. The Kier molecular flexibility index (Phi) is 5.42. The SMILES string of the molecule is Cc1ccc(-c2cc(C(=O)NC3C(C)(C)C4CC[C@@]3(C)C4)nn2Cc2ccc(C)c(F)c2)cc1. The Hall–Kier alpha value is -2.95. The molecule has 4 nitrogen and oxygen atoms in total. The molecule has 1 heterocycles. The summed E-state index contributed by atoms with van der Waals surface area (Å²) in [6, 6.07) is 15.4. The minimum atomic E-state index is -0.230. The summed E-state index contributed by atoms with van der Waals surface area (Å²) in [5.74, 6) is 0.292. The number of fused-ring (bicyclic) bond motifs is 2. The van der Waals surface area contributed by atoms with Gasteiger partial charge in [-0.1, -0.05) is 62.7 Å². The van der Waals surface area contributed by atoms with E-state index in [-0.39, 0.29) is 28.6 Å². The van der Waals surface area contributed by atoms with Crippen molar-refractivity contribution >= 4 is 5.91 Å². The van der Waals surface area contributed by atoms with Crippen molar-refractivity contribution in [3.8, 4) is 11.3 Å². The first-order chi connectivity index (χ1) is 16.1. The monoisotopic (exact) mass is 459 g/mol. The van der Waals surface area contributed by atoms with Crippen molar-refractivity contribution in [1.29, 1.82) is 0 Å². The van der Waals surface area contributed by atoms with Crippen molar-refractivity contribution in [1.82, 2.24) is 15.1 Å². The van der Waals surface area contributed by atoms with Gasteiger partial charge in [-0.2, -0.15) is 5.10 Å². The summed E-state index contributed by atoms with van der Waals surface area (Å²) in [4.78, 5) is 13.5. The molecule has 0 aliphatic heterocycles. The molecule has 3 atom stereocenters. The largest absolute Gasteiger partial charge is 0.347 e. The van der Waals surface area contributed by atoms with Gasteiger partial charge < -0.3 is 5.32 Å². The van der Waals surface area contributed by atoms with Crippen LogP contribution in [0.3, 0.4) is 0 Å². The van der Waals surface area contributed by atoms with Crippen LogP contribution in [-0.4, -0.2) is 21.7 Å². The van der Waals surface area contributed by atoms with Crippen LogP contribution in [0.25, 0.3) is 11.3 Å². The minimum Gasteiger partial charge on any atom is -0.347 e. The summed E-state index contributed by atoms with van der Waals surface area (Å²) in [5.41, 5.74) is 5.06. The predicted octanol–water partition coefficient (Wildman–Crippen LogP) is 6.30. The summed E-state index contributed by atoms with van der Waals surface area (Å²) in [7, 11) is 0. The van der Waals surface area contributed by atoms with Gasteiger partial charge in [0.1, 0.15) is 5.82 Å². The van der Waals surface area contributed by atoms with Gasteiger partial charge in [0, 0.05) is 6.04 Å². The molecule has 2 aromatic carbocycles. The molecule has 1 aromatic heterocycles. The van der Waals surface area contributed by atoms with Crippen molar-refractivity contribution in [3.63, 3.8) is 0 Å². The van der Waals surface area contributed by atoms with Crippen LogP contribution in [0, 0.1) is 36.4 Å². The lowest BCUT2D eigenvalue weighted by molar-refractivity contribution is 0.0732. The number of halogens is 1. The Labute approximate surface area is 201 Å². The fraction of sp³-hybridized carbons (Fsp3) is 0.448. The maximum Gasteiger partial charge on any atom is 0.272 e. The third-order valence-corrected chi connectivity index (χ3v) is 8.47. The molecule has 1 N–H and O–H groups in total. The van der Waals surface area contributed by atoms with Crippen molar-refractivity contribution in [2.24, 2.45) is 16.7 Å². The Morgan fingerprint density at radius 1 is 1.12 bits per heavy atom. The highest BCUT2D eigenvalue weighted by atomic mass is 19.1. The van der Waals surface area contributed by atoms with E-state index in [4.69, 9.17) is 5.10 Å². The number of amides is 1. The lowest BCUT2D eigenvalue weighted by Crippen LogP contribution is -2.52. The predicted molar refractivity (Wildman–Crippen MR) is 133 cm³/mol. The van der Waals surface area contributed by atoms with Gasteiger partial charge in [-0.3, -0.25) is 9.48 Å². The molecular formula is C29H34FN3O. The molecule has 2 aliphatic rings. The van der Waals surface area contributed by atoms with Crippen molar-refractivity contribution in [2.75, 3.05) is 0 Å². The molecule has 3 aromatic rings. The molecule has 0 radical (unpaired) electrons. The molecule has 1 amide bonds. The first-order valence-electron chi connectivity index (χ1n) is 12.3. The van der Waals surface area contributed by atoms with Gasteiger partial charge in [0.05, 0.1) is 12.2 Å². The van der Waals surface area contributed by atoms with E-state index in [0.717, 1.165) is 23.2 Å². The molecule has 2 fully saturated rings. The maximum atomic E-state index is 14.2. The average molecular weight is 460 g/mol. The zero-order valence-corrected chi connectivity index (χ0v) is 20.8. The number of aromatic nitrogens is 2. The summed E-state index contributed by atoms with van der Waals surface area (Å²) in [6.45, 7) is 11.1. The number of carbonyl (C=O) groups excluding carboxylic acids is 1. The zero-order chi connectivity index (χ0) is 24.3. The fourth-order valence-corrected chi connectivity index (χ4v) is 6.38. The molecule has 5 heteroatoms. The molecule has 2 saturated carbocycles. The number of hydrogen-bond donors (Lipinski definition) is 1. The van der Waals surface area contributed by atoms with Crippen LogP contribution in [0.5, 0.6) is 0 Å². The molecule has 0 saturated heterocycles. The Morgan fingerprint density at radius 3 is 2.50 bits per heavy atom. The number of hydrogen-bond acceptors (Lipinski definition) is 2. The van der Waals surface area contributed by atoms with Crippen molar-refractivity contribution < 1.29 is 9.18 Å². The van der Waals surface area contributed by atoms with E-state index in [0.29, 0.717) is 23.7 Å². The summed E-state index contributed by atoms with van der Waals surface area (Å²) in [5, 5.41) is 8.08. The van der Waals surface area contributed by atoms with Crippen LogP contribution in [-0.2, 0) is 6.54 Å². The third kappa shape index (κ3) is 3.85. The molecule has 2 unspecified atom stereocenters. The maximum absolute atomic E-state index is 14.2. The first kappa shape index (κ1) is 22.8. The van der Waals surface area contributed by atoms with Crippen LogP contribution >= 0.6 is 0 Å². The Balaban J connectivity index is 1.48. The van der Waals surface area contributed by atoms with Crippen LogP contribution < -0.4 is 5.32 Å². The van der Waals surface area contributed by atoms with Gasteiger partial charge in [-0.25, -0.2) is 4.39 Å². The van der Waals surface area contributed by atoms with E-state index < -0.39 is 0 Å². The van der Waals surface area contributed by atoms with E-state index >= 15 is 0 Å². The minimum absolute atomic E-state index is 0.0738. The quantitative estimate of drug-likeness (QED) is 0.487. The van der Waals surface area contributed by atoms with Crippen LogP contribution in [0.4, 0.5) is 4.39 Å². The summed E-state index contributed by atoms with van der Waals surface area (Å²) in [6.07, 6.45) is 3.58. The number of carbonyl (C=O) groups is 1. The number of nitrogens with one attached hydrogen (secondary N) is 1. The average Bonchev–Trinajstić information content (AvgIpc) is 3.44. The standard InChI is InChI=1S/C29H34FN3O/c1-18-6-10-21(11-7-18)25-15-24(32-33(25)17-20-9-8-19(2)23(30)14-20)26(34)31-27-28(3,4)22-12-13-29(27,5)16-22/h6-11,14-15,22,27H,12-13,16-17H2,1-5H3,(H,31,34)/t22?,27?,29-/m0/s1. The lowest BCUT2D eigenvalue weighted by Gasteiger charge is -2.42. The molecule has 0 spiro atoms. The van der Waals surface area contributed by atoms with Gasteiger partial charge in [0.15, 0.2) is 5.69 Å². The zero-order valence-electron chi connectivity index (χ0n) is 20.8. The summed E-state index contributed by atoms with van der Waals surface area (Å²) < 4.78 is 16.0. The van der Waals surface area contributed by atoms with Crippen LogP contribution in [0.2, 0.25) is 0 Å². The Bertz CT molecular complexity index is 1240. The second kappa shape index (κ2) is 8.07. The number of nitrogens with zero attached hydrogens (tertiary/aromatic N) is 2. The van der Waals surface area contributed by atoms with E-state index in [1.165, 1.54) is 18.4 Å². The highest BCUT2D eigenvalue weighted by Gasteiger charge is 2.59. The topological polar surface area (TPSA) is 46.9 Å². The van der Waals surface area contributed by atoms with Gasteiger partial charge in [0.2, 0.25) is 0 Å². The highest BCUT2D eigenvalue weighted by Crippen LogP contribution is 2.62. The van der Waals surface area contributed by atoms with E-state index in [1.54, 1.807) is 19.1 Å². The van der Waals surface area contributed by atoms with Gasteiger partial charge in [-0.15, -0.1) is 0 Å². The Morgan fingerprint density at radius 2 is 1.85 bits per heavy atom. The van der Waals surface area contributed by atoms with Crippen molar-refractivity contribution in [3.05, 3.63) is 76.7 Å². The molecule has 5 rings (SSSR count). The lowest BCUT2D eigenvalue weighted by atomic mass is 9.68. The second-order valence-electron chi connectivity index (χ2n) is 11.3. The van der Waals surface area contributed by atoms with Gasteiger partial charge in [-0.05, 0) is 78.7 Å². The molecule has 178 valence electrons. The third-order valence-electron chi connectivity index (χ3n) is 8.47. The number of benzene rings is 2. The van der Waals surface area contributed by atoms with E-state index in [9.17, 15) is 9.18 Å². The van der Waals surface area contributed by atoms with E-state index in [2.05, 4.69) is 38.2 Å². The fourth-order valence-electron chi connectivity index (χ4n) is 6.38.